The van der Waals surface area contributed by atoms with Crippen LogP contribution in [0, 0.1) is 12.8 Å². The van der Waals surface area contributed by atoms with Crippen LogP contribution in [0.4, 0.5) is 0 Å². The summed E-state index contributed by atoms with van der Waals surface area (Å²) in [5, 5.41) is 10.1. The first-order valence-corrected chi connectivity index (χ1v) is 8.67. The van der Waals surface area contributed by atoms with E-state index in [2.05, 4.69) is 40.3 Å². The first-order valence-electron chi connectivity index (χ1n) is 8.67. The molecule has 1 atom stereocenters. The average molecular weight is 326 g/mol. The lowest BCUT2D eigenvalue weighted by atomic mass is 10.0. The zero-order chi connectivity index (χ0) is 17.1. The zero-order valence-electron chi connectivity index (χ0n) is 14.7. The molecule has 128 valence electrons. The number of hydrogen-bond donors (Lipinski definition) is 2. The minimum absolute atomic E-state index is 0.0525. The van der Waals surface area contributed by atoms with Gasteiger partial charge in [-0.1, -0.05) is 23.8 Å². The Labute approximate surface area is 143 Å². The summed E-state index contributed by atoms with van der Waals surface area (Å²) in [7, 11) is 0. The molecule has 1 aliphatic heterocycles. The molecule has 2 N–H and O–H groups in total. The van der Waals surface area contributed by atoms with E-state index in [-0.39, 0.29) is 5.91 Å². The van der Waals surface area contributed by atoms with Gasteiger partial charge in [0.15, 0.2) is 0 Å². The van der Waals surface area contributed by atoms with Gasteiger partial charge >= 0.3 is 0 Å². The summed E-state index contributed by atoms with van der Waals surface area (Å²) < 4.78 is 0. The van der Waals surface area contributed by atoms with E-state index < -0.39 is 0 Å². The Morgan fingerprint density at radius 3 is 3.00 bits per heavy atom. The molecule has 0 bridgehead atoms. The number of benzene rings is 1. The Bertz CT molecular complexity index is 707. The number of nitrogens with one attached hydrogen (secondary N) is 2. The summed E-state index contributed by atoms with van der Waals surface area (Å²) >= 11 is 0. The summed E-state index contributed by atoms with van der Waals surface area (Å²) in [4.78, 5) is 15.0. The van der Waals surface area contributed by atoms with Crippen LogP contribution < -0.4 is 5.32 Å². The molecule has 5 nitrogen and oxygen atoms in total. The van der Waals surface area contributed by atoms with E-state index in [4.69, 9.17) is 0 Å². The first-order chi connectivity index (χ1) is 11.5. The maximum Gasteiger partial charge on any atom is 0.255 e. The van der Waals surface area contributed by atoms with Crippen molar-refractivity contribution in [2.45, 2.75) is 33.2 Å². The molecule has 2 heterocycles. The summed E-state index contributed by atoms with van der Waals surface area (Å²) in [6.07, 6.45) is 2.76. The molecular weight excluding hydrogens is 300 g/mol. The zero-order valence-corrected chi connectivity index (χ0v) is 14.7. The van der Waals surface area contributed by atoms with Crippen LogP contribution >= 0.6 is 0 Å². The third-order valence-corrected chi connectivity index (χ3v) is 4.79. The fourth-order valence-corrected chi connectivity index (χ4v) is 3.31. The van der Waals surface area contributed by atoms with Gasteiger partial charge in [0.1, 0.15) is 0 Å². The highest BCUT2D eigenvalue weighted by Crippen LogP contribution is 2.22. The molecule has 3 rings (SSSR count). The molecule has 0 aliphatic carbocycles. The van der Waals surface area contributed by atoms with E-state index in [9.17, 15) is 4.79 Å². The summed E-state index contributed by atoms with van der Waals surface area (Å²) in [5.41, 5.74) is 3.54. The maximum atomic E-state index is 12.6. The average Bonchev–Trinajstić information content (AvgIpc) is 3.22. The largest absolute Gasteiger partial charge is 0.352 e. The lowest BCUT2D eigenvalue weighted by molar-refractivity contribution is 0.0948. The van der Waals surface area contributed by atoms with Crippen molar-refractivity contribution in [3.05, 3.63) is 41.6 Å². The second-order valence-electron chi connectivity index (χ2n) is 6.98. The number of H-pyrrole nitrogens is 1. The smallest absolute Gasteiger partial charge is 0.255 e. The van der Waals surface area contributed by atoms with Gasteiger partial charge in [-0.05, 0) is 45.7 Å². The van der Waals surface area contributed by atoms with Gasteiger partial charge in [0, 0.05) is 24.7 Å². The van der Waals surface area contributed by atoms with Crippen LogP contribution in [0.1, 0.15) is 36.2 Å². The van der Waals surface area contributed by atoms with Crippen LogP contribution in [0.25, 0.3) is 11.3 Å². The quantitative estimate of drug-likeness (QED) is 0.888. The third-order valence-electron chi connectivity index (χ3n) is 4.79. The number of aromatic nitrogens is 2. The third kappa shape index (κ3) is 3.67. The van der Waals surface area contributed by atoms with Crippen LogP contribution in [-0.4, -0.2) is 46.7 Å². The molecule has 1 aromatic heterocycles. The molecule has 24 heavy (non-hydrogen) atoms. The molecule has 1 unspecified atom stereocenters. The standard InChI is InChI=1S/C19H26N4O/c1-13(2)23-8-7-15(12-23)10-20-19(24)17-11-21-22-18(17)16-6-4-5-14(3)9-16/h4-6,9,11,13,15H,7-8,10,12H2,1-3H3,(H,20,24)(H,21,22). The predicted molar refractivity (Wildman–Crippen MR) is 95.9 cm³/mol. The van der Waals surface area contributed by atoms with E-state index in [0.717, 1.165) is 42.9 Å². The number of rotatable bonds is 5. The molecular formula is C19H26N4O. The molecule has 1 fully saturated rings. The minimum atomic E-state index is -0.0525. The van der Waals surface area contributed by atoms with Crippen LogP contribution in [0.3, 0.4) is 0 Å². The van der Waals surface area contributed by atoms with E-state index in [0.29, 0.717) is 17.5 Å². The molecule has 2 aromatic rings. The second kappa shape index (κ2) is 7.18. The number of carbonyl (C=O) groups is 1. The van der Waals surface area contributed by atoms with Gasteiger partial charge in [-0.2, -0.15) is 5.10 Å². The van der Waals surface area contributed by atoms with Gasteiger partial charge in [-0.3, -0.25) is 9.89 Å². The SMILES string of the molecule is Cc1cccc(-c2[nH]ncc2C(=O)NCC2CCN(C(C)C)C2)c1. The highest BCUT2D eigenvalue weighted by atomic mass is 16.1. The molecule has 1 amide bonds. The van der Waals surface area contributed by atoms with Crippen LogP contribution in [0.15, 0.2) is 30.5 Å². The molecule has 0 saturated carbocycles. The Balaban J connectivity index is 1.64. The highest BCUT2D eigenvalue weighted by molar-refractivity contribution is 5.99. The van der Waals surface area contributed by atoms with Crippen LogP contribution in [0.2, 0.25) is 0 Å². The van der Waals surface area contributed by atoms with Crippen molar-refractivity contribution < 1.29 is 4.79 Å². The minimum Gasteiger partial charge on any atom is -0.352 e. The van der Waals surface area contributed by atoms with Gasteiger partial charge in [0.2, 0.25) is 0 Å². The Morgan fingerprint density at radius 2 is 2.29 bits per heavy atom. The Morgan fingerprint density at radius 1 is 1.46 bits per heavy atom. The van der Waals surface area contributed by atoms with Crippen molar-refractivity contribution in [3.63, 3.8) is 0 Å². The van der Waals surface area contributed by atoms with Gasteiger partial charge in [-0.15, -0.1) is 0 Å². The van der Waals surface area contributed by atoms with Gasteiger partial charge in [0.25, 0.3) is 5.91 Å². The molecule has 1 aromatic carbocycles. The Kier molecular flexibility index (Phi) is 5.00. The Hall–Kier alpha value is -2.14. The van der Waals surface area contributed by atoms with Gasteiger partial charge < -0.3 is 10.2 Å². The number of aryl methyl sites for hydroxylation is 1. The maximum absolute atomic E-state index is 12.6. The topological polar surface area (TPSA) is 61.0 Å². The van der Waals surface area contributed by atoms with E-state index >= 15 is 0 Å². The van der Waals surface area contributed by atoms with Gasteiger partial charge in [0.05, 0.1) is 17.5 Å². The molecule has 0 spiro atoms. The number of aromatic amines is 1. The van der Waals surface area contributed by atoms with E-state index in [1.165, 1.54) is 0 Å². The van der Waals surface area contributed by atoms with Crippen molar-refractivity contribution in [1.29, 1.82) is 0 Å². The van der Waals surface area contributed by atoms with Crippen LogP contribution in [-0.2, 0) is 0 Å². The summed E-state index contributed by atoms with van der Waals surface area (Å²) in [6, 6.07) is 8.66. The fraction of sp³-hybridized carbons (Fsp3) is 0.474. The predicted octanol–water partition coefficient (Wildman–Crippen LogP) is 2.85. The van der Waals surface area contributed by atoms with Crippen molar-refractivity contribution in [2.24, 2.45) is 5.92 Å². The number of amides is 1. The fourth-order valence-electron chi connectivity index (χ4n) is 3.31. The lowest BCUT2D eigenvalue weighted by Crippen LogP contribution is -2.33. The van der Waals surface area contributed by atoms with Crippen molar-refractivity contribution in [1.82, 2.24) is 20.4 Å². The van der Waals surface area contributed by atoms with E-state index in [1.54, 1.807) is 6.20 Å². The monoisotopic (exact) mass is 326 g/mol. The van der Waals surface area contributed by atoms with Gasteiger partial charge in [-0.25, -0.2) is 0 Å². The lowest BCUT2D eigenvalue weighted by Gasteiger charge is -2.20. The summed E-state index contributed by atoms with van der Waals surface area (Å²) in [6.45, 7) is 9.40. The second-order valence-corrected chi connectivity index (χ2v) is 6.98. The van der Waals surface area contributed by atoms with Crippen molar-refractivity contribution in [2.75, 3.05) is 19.6 Å². The van der Waals surface area contributed by atoms with Crippen molar-refractivity contribution in [3.8, 4) is 11.3 Å². The first kappa shape index (κ1) is 16.7. The number of hydrogen-bond acceptors (Lipinski definition) is 3. The number of carbonyl (C=O) groups excluding carboxylic acids is 1. The van der Waals surface area contributed by atoms with E-state index in [1.807, 2.05) is 25.1 Å². The normalized spacial score (nSPS) is 18.2. The number of likely N-dealkylation sites (tertiary alicyclic amines) is 1. The number of nitrogens with zero attached hydrogens (tertiary/aromatic N) is 2. The summed E-state index contributed by atoms with van der Waals surface area (Å²) in [5.74, 6) is 0.480. The van der Waals surface area contributed by atoms with Crippen LogP contribution in [0.5, 0.6) is 0 Å². The van der Waals surface area contributed by atoms with Crippen molar-refractivity contribution >= 4 is 5.91 Å². The molecule has 0 radical (unpaired) electrons. The molecule has 1 saturated heterocycles. The molecule has 1 aliphatic rings. The molecule has 5 heteroatoms. The highest BCUT2D eigenvalue weighted by Gasteiger charge is 2.25.